The minimum atomic E-state index is 1.04. The van der Waals surface area contributed by atoms with Crippen molar-refractivity contribution in [3.05, 3.63) is 120 Å². The molecule has 0 atom stereocenters. The highest BCUT2D eigenvalue weighted by Gasteiger charge is 2.28. The maximum Gasteiger partial charge on any atom is 0.105 e. The lowest BCUT2D eigenvalue weighted by atomic mass is 10.1. The lowest BCUT2D eigenvalue weighted by Gasteiger charge is -2.39. The second kappa shape index (κ2) is 12.9. The number of quaternary nitrogens is 1. The SMILES string of the molecule is CCCCC/C=C/CC[N+](Cc1ccccc1)(Cc1ccccc1)Cc1ccccc1. The summed E-state index contributed by atoms with van der Waals surface area (Å²) in [5.74, 6) is 0. The number of unbranched alkanes of at least 4 members (excludes halogenated alkanes) is 3. The number of hydrogen-bond acceptors (Lipinski definition) is 0. The molecule has 0 amide bonds. The summed E-state index contributed by atoms with van der Waals surface area (Å²) in [6, 6.07) is 33.1. The van der Waals surface area contributed by atoms with Gasteiger partial charge >= 0.3 is 0 Å². The smallest absolute Gasteiger partial charge is 0.105 e. The Labute approximate surface area is 189 Å². The lowest BCUT2D eigenvalue weighted by molar-refractivity contribution is -0.965. The van der Waals surface area contributed by atoms with E-state index in [0.717, 1.165) is 37.1 Å². The fourth-order valence-electron chi connectivity index (χ4n) is 4.41. The van der Waals surface area contributed by atoms with E-state index in [-0.39, 0.29) is 0 Å². The molecule has 0 aromatic heterocycles. The van der Waals surface area contributed by atoms with Crippen LogP contribution in [0.25, 0.3) is 0 Å². The van der Waals surface area contributed by atoms with E-state index in [9.17, 15) is 0 Å². The van der Waals surface area contributed by atoms with E-state index in [4.69, 9.17) is 0 Å². The van der Waals surface area contributed by atoms with Crippen LogP contribution in [0.1, 0.15) is 55.7 Å². The number of benzene rings is 3. The van der Waals surface area contributed by atoms with Crippen molar-refractivity contribution in [2.45, 2.75) is 58.7 Å². The highest BCUT2D eigenvalue weighted by atomic mass is 15.3. The molecule has 0 aliphatic rings. The molecule has 0 unspecified atom stereocenters. The van der Waals surface area contributed by atoms with Gasteiger partial charge in [-0.3, -0.25) is 0 Å². The van der Waals surface area contributed by atoms with Crippen LogP contribution in [0.3, 0.4) is 0 Å². The van der Waals surface area contributed by atoms with Crippen LogP contribution >= 0.6 is 0 Å². The third kappa shape index (κ3) is 8.19. The van der Waals surface area contributed by atoms with Gasteiger partial charge in [-0.1, -0.05) is 123 Å². The van der Waals surface area contributed by atoms with Crippen LogP contribution in [-0.4, -0.2) is 11.0 Å². The quantitative estimate of drug-likeness (QED) is 0.152. The zero-order chi connectivity index (χ0) is 21.6. The van der Waals surface area contributed by atoms with Crippen LogP contribution in [0.4, 0.5) is 0 Å². The topological polar surface area (TPSA) is 0 Å². The molecule has 0 radical (unpaired) electrons. The third-order valence-corrected chi connectivity index (χ3v) is 5.99. The maximum absolute atomic E-state index is 2.42. The Morgan fingerprint density at radius 2 is 0.968 bits per heavy atom. The molecular formula is C30H38N+. The molecule has 1 heteroatoms. The fraction of sp³-hybridized carbons (Fsp3) is 0.333. The summed E-state index contributed by atoms with van der Waals surface area (Å²) in [7, 11) is 0. The normalized spacial score (nSPS) is 11.8. The van der Waals surface area contributed by atoms with E-state index in [1.807, 2.05) is 0 Å². The van der Waals surface area contributed by atoms with Crippen LogP contribution in [0.5, 0.6) is 0 Å². The molecule has 31 heavy (non-hydrogen) atoms. The van der Waals surface area contributed by atoms with Crippen LogP contribution in [0.2, 0.25) is 0 Å². The number of allylic oxidation sites excluding steroid dienone is 1. The highest BCUT2D eigenvalue weighted by molar-refractivity contribution is 5.17. The summed E-state index contributed by atoms with van der Waals surface area (Å²) < 4.78 is 1.04. The van der Waals surface area contributed by atoms with Crippen molar-refractivity contribution in [1.29, 1.82) is 0 Å². The third-order valence-electron chi connectivity index (χ3n) is 5.99. The second-order valence-corrected chi connectivity index (χ2v) is 8.75. The van der Waals surface area contributed by atoms with E-state index in [2.05, 4.69) is 110 Å². The molecule has 3 rings (SSSR count). The Morgan fingerprint density at radius 3 is 1.39 bits per heavy atom. The van der Waals surface area contributed by atoms with Crippen molar-refractivity contribution >= 4 is 0 Å². The van der Waals surface area contributed by atoms with Crippen LogP contribution in [0.15, 0.2) is 103 Å². The van der Waals surface area contributed by atoms with Gasteiger partial charge < -0.3 is 4.48 Å². The minimum Gasteiger partial charge on any atom is -0.312 e. The van der Waals surface area contributed by atoms with Gasteiger partial charge in [-0.2, -0.15) is 0 Å². The first-order chi connectivity index (χ1) is 15.3. The van der Waals surface area contributed by atoms with Crippen LogP contribution < -0.4 is 0 Å². The van der Waals surface area contributed by atoms with Crippen molar-refractivity contribution in [1.82, 2.24) is 0 Å². The zero-order valence-electron chi connectivity index (χ0n) is 19.1. The molecule has 1 nitrogen and oxygen atoms in total. The summed E-state index contributed by atoms with van der Waals surface area (Å²) in [6.07, 6.45) is 11.1. The van der Waals surface area contributed by atoms with Gasteiger partial charge in [-0.05, 0) is 12.8 Å². The van der Waals surface area contributed by atoms with Crippen molar-refractivity contribution in [2.24, 2.45) is 0 Å². The van der Waals surface area contributed by atoms with Crippen LogP contribution in [0, 0.1) is 0 Å². The van der Waals surface area contributed by atoms with E-state index in [1.165, 1.54) is 42.4 Å². The van der Waals surface area contributed by atoms with Gasteiger partial charge in [0.05, 0.1) is 6.54 Å². The lowest BCUT2D eigenvalue weighted by Crippen LogP contribution is -2.46. The average Bonchev–Trinajstić information content (AvgIpc) is 2.80. The van der Waals surface area contributed by atoms with Gasteiger partial charge in [-0.25, -0.2) is 0 Å². The molecular weight excluding hydrogens is 374 g/mol. The summed E-state index contributed by atoms with van der Waals surface area (Å²) in [6.45, 7) is 6.56. The van der Waals surface area contributed by atoms with Gasteiger partial charge in [0.15, 0.2) is 0 Å². The van der Waals surface area contributed by atoms with E-state index < -0.39 is 0 Å². The molecule has 0 saturated carbocycles. The monoisotopic (exact) mass is 412 g/mol. The molecule has 162 valence electrons. The highest BCUT2D eigenvalue weighted by Crippen LogP contribution is 2.25. The Morgan fingerprint density at radius 1 is 0.548 bits per heavy atom. The van der Waals surface area contributed by atoms with Crippen LogP contribution in [-0.2, 0) is 19.6 Å². The van der Waals surface area contributed by atoms with Gasteiger partial charge in [0.1, 0.15) is 19.6 Å². The first kappa shape index (κ1) is 23.0. The van der Waals surface area contributed by atoms with Crippen molar-refractivity contribution in [2.75, 3.05) is 6.54 Å². The summed E-state index contributed by atoms with van der Waals surface area (Å²) in [5.41, 5.74) is 4.25. The standard InChI is InChI=1S/C30H38N/c1-2-3-4-5-6-7-17-24-31(25-28-18-11-8-12-19-28,26-29-20-13-9-14-21-29)27-30-22-15-10-16-23-30/h6-16,18-23H,2-5,17,24-27H2,1H3/q+1/b7-6+. The largest absolute Gasteiger partial charge is 0.312 e. The predicted octanol–water partition coefficient (Wildman–Crippen LogP) is 7.93. The van der Waals surface area contributed by atoms with Gasteiger partial charge in [0.2, 0.25) is 0 Å². The molecule has 0 aliphatic heterocycles. The fourth-order valence-corrected chi connectivity index (χ4v) is 4.41. The summed E-state index contributed by atoms with van der Waals surface area (Å²) >= 11 is 0. The van der Waals surface area contributed by atoms with E-state index in [1.54, 1.807) is 0 Å². The Bertz CT molecular complexity index is 767. The average molecular weight is 413 g/mol. The molecule has 0 saturated heterocycles. The van der Waals surface area contributed by atoms with Gasteiger partial charge in [-0.15, -0.1) is 0 Å². The number of hydrogen-bond donors (Lipinski definition) is 0. The Balaban J connectivity index is 1.83. The second-order valence-electron chi connectivity index (χ2n) is 8.75. The molecule has 0 aliphatic carbocycles. The predicted molar refractivity (Wildman–Crippen MR) is 133 cm³/mol. The molecule has 0 heterocycles. The Hall–Kier alpha value is -2.64. The Kier molecular flexibility index (Phi) is 9.60. The number of nitrogens with zero attached hydrogens (tertiary/aromatic N) is 1. The van der Waals surface area contributed by atoms with Gasteiger partial charge in [0, 0.05) is 23.1 Å². The molecule has 3 aromatic rings. The number of rotatable bonds is 13. The van der Waals surface area contributed by atoms with E-state index in [0.29, 0.717) is 0 Å². The van der Waals surface area contributed by atoms with Crippen molar-refractivity contribution < 1.29 is 4.48 Å². The van der Waals surface area contributed by atoms with E-state index >= 15 is 0 Å². The minimum absolute atomic E-state index is 1.04. The molecule has 0 spiro atoms. The molecule has 3 aromatic carbocycles. The van der Waals surface area contributed by atoms with Crippen molar-refractivity contribution in [3.63, 3.8) is 0 Å². The molecule has 0 fully saturated rings. The maximum atomic E-state index is 2.42. The van der Waals surface area contributed by atoms with Gasteiger partial charge in [0.25, 0.3) is 0 Å². The molecule has 0 bridgehead atoms. The first-order valence-electron chi connectivity index (χ1n) is 11.9. The summed E-state index contributed by atoms with van der Waals surface area (Å²) in [5, 5.41) is 0. The van der Waals surface area contributed by atoms with Crippen molar-refractivity contribution in [3.8, 4) is 0 Å². The zero-order valence-corrected chi connectivity index (χ0v) is 19.1. The summed E-state index contributed by atoms with van der Waals surface area (Å²) in [4.78, 5) is 0. The first-order valence-corrected chi connectivity index (χ1v) is 11.9. The molecule has 0 N–H and O–H groups in total.